The highest BCUT2D eigenvalue weighted by atomic mass is 16.3. The second kappa shape index (κ2) is 7.89. The molecule has 3 aromatic heterocycles. The SMILES string of the molecule is C#[N+]CCCCCCNc1c(-c2ccco2)nc2cc(C)cc(C)n12. The first-order chi connectivity index (χ1) is 12.2. The van der Waals surface area contributed by atoms with E-state index in [0.717, 1.165) is 67.4 Å². The van der Waals surface area contributed by atoms with Crippen LogP contribution in [-0.2, 0) is 0 Å². The summed E-state index contributed by atoms with van der Waals surface area (Å²) in [6.45, 7) is 11.0. The zero-order valence-corrected chi connectivity index (χ0v) is 15.0. The van der Waals surface area contributed by atoms with Crippen LogP contribution >= 0.6 is 0 Å². The van der Waals surface area contributed by atoms with Gasteiger partial charge in [0.2, 0.25) is 0 Å². The number of anilines is 1. The lowest BCUT2D eigenvalue weighted by Gasteiger charge is -2.10. The molecule has 0 aliphatic rings. The molecule has 0 spiro atoms. The minimum Gasteiger partial charge on any atom is -0.463 e. The number of aromatic nitrogens is 2. The molecule has 0 atom stereocenters. The van der Waals surface area contributed by atoms with Crippen molar-refractivity contribution in [2.24, 2.45) is 0 Å². The summed E-state index contributed by atoms with van der Waals surface area (Å²) in [7, 11) is 0. The Bertz CT molecular complexity index is 871. The van der Waals surface area contributed by atoms with Gasteiger partial charge in [0, 0.05) is 18.7 Å². The maximum Gasteiger partial charge on any atom is 0.263 e. The molecular formula is C20H25N4O+. The molecule has 0 radical (unpaired) electrons. The first-order valence-electron chi connectivity index (χ1n) is 8.85. The van der Waals surface area contributed by atoms with E-state index in [2.05, 4.69) is 40.5 Å². The molecule has 0 fully saturated rings. The lowest BCUT2D eigenvalue weighted by Crippen LogP contribution is -2.06. The zero-order chi connectivity index (χ0) is 17.6. The maximum atomic E-state index is 5.59. The van der Waals surface area contributed by atoms with E-state index in [-0.39, 0.29) is 0 Å². The molecule has 3 heterocycles. The van der Waals surface area contributed by atoms with Gasteiger partial charge in [-0.1, -0.05) is 11.3 Å². The third-order valence-corrected chi connectivity index (χ3v) is 4.31. The number of imidazole rings is 1. The van der Waals surface area contributed by atoms with Gasteiger partial charge >= 0.3 is 0 Å². The summed E-state index contributed by atoms with van der Waals surface area (Å²) in [5.74, 6) is 1.78. The average Bonchev–Trinajstić information content (AvgIpc) is 3.21. The van der Waals surface area contributed by atoms with Crippen LogP contribution in [0.3, 0.4) is 0 Å². The molecule has 0 unspecified atom stereocenters. The molecule has 5 nitrogen and oxygen atoms in total. The summed E-state index contributed by atoms with van der Waals surface area (Å²) in [5, 5.41) is 3.57. The van der Waals surface area contributed by atoms with Crippen molar-refractivity contribution in [3.05, 3.63) is 46.6 Å². The van der Waals surface area contributed by atoms with Crippen molar-refractivity contribution in [3.8, 4) is 18.0 Å². The first-order valence-corrected chi connectivity index (χ1v) is 8.85. The van der Waals surface area contributed by atoms with E-state index in [1.807, 2.05) is 12.1 Å². The molecule has 25 heavy (non-hydrogen) atoms. The van der Waals surface area contributed by atoms with Crippen LogP contribution in [0, 0.1) is 20.4 Å². The van der Waals surface area contributed by atoms with Crippen molar-refractivity contribution in [3.63, 3.8) is 0 Å². The molecular weight excluding hydrogens is 312 g/mol. The predicted octanol–water partition coefficient (Wildman–Crippen LogP) is 5.15. The van der Waals surface area contributed by atoms with Gasteiger partial charge in [0.05, 0.1) is 6.26 Å². The second-order valence-corrected chi connectivity index (χ2v) is 6.40. The van der Waals surface area contributed by atoms with Gasteiger partial charge in [-0.3, -0.25) is 4.40 Å². The minimum absolute atomic E-state index is 0.752. The van der Waals surface area contributed by atoms with Gasteiger partial charge in [-0.15, -0.1) is 0 Å². The number of pyridine rings is 1. The highest BCUT2D eigenvalue weighted by Crippen LogP contribution is 2.30. The molecule has 3 aromatic rings. The van der Waals surface area contributed by atoms with Crippen LogP contribution in [0.4, 0.5) is 5.82 Å². The third-order valence-electron chi connectivity index (χ3n) is 4.31. The van der Waals surface area contributed by atoms with E-state index in [4.69, 9.17) is 16.0 Å². The summed E-state index contributed by atoms with van der Waals surface area (Å²) in [5.41, 5.74) is 4.17. The number of nitrogens with one attached hydrogen (secondary N) is 1. The van der Waals surface area contributed by atoms with Gasteiger partial charge in [0.1, 0.15) is 17.2 Å². The van der Waals surface area contributed by atoms with Crippen molar-refractivity contribution in [2.75, 3.05) is 18.4 Å². The number of fused-ring (bicyclic) bond motifs is 1. The molecule has 0 aliphatic carbocycles. The maximum absolute atomic E-state index is 5.59. The Balaban J connectivity index is 1.80. The fourth-order valence-corrected chi connectivity index (χ4v) is 3.17. The normalized spacial score (nSPS) is 10.9. The summed E-state index contributed by atoms with van der Waals surface area (Å²) in [4.78, 5) is 8.44. The van der Waals surface area contributed by atoms with Crippen molar-refractivity contribution < 1.29 is 4.42 Å². The highest BCUT2D eigenvalue weighted by molar-refractivity contribution is 5.74. The average molecular weight is 337 g/mol. The van der Waals surface area contributed by atoms with Crippen LogP contribution in [0.1, 0.15) is 36.9 Å². The number of hydrogen-bond acceptors (Lipinski definition) is 3. The Kier molecular flexibility index (Phi) is 5.39. The fourth-order valence-electron chi connectivity index (χ4n) is 3.17. The molecule has 0 saturated carbocycles. The van der Waals surface area contributed by atoms with Crippen molar-refractivity contribution in [1.29, 1.82) is 0 Å². The lowest BCUT2D eigenvalue weighted by atomic mass is 10.2. The highest BCUT2D eigenvalue weighted by Gasteiger charge is 2.17. The molecule has 3 rings (SSSR count). The van der Waals surface area contributed by atoms with Crippen LogP contribution in [0.2, 0.25) is 0 Å². The van der Waals surface area contributed by atoms with Crippen LogP contribution in [0.5, 0.6) is 0 Å². The molecule has 0 bridgehead atoms. The molecule has 130 valence electrons. The van der Waals surface area contributed by atoms with Crippen LogP contribution in [0.15, 0.2) is 34.9 Å². The standard InChI is InChI=1S/C20H25N4O/c1-15-13-16(2)24-18(14-15)23-19(17-9-8-12-25-17)20(24)22-11-7-5-4-6-10-21-3/h3,8-9,12-14,22H,4-7,10-11H2,1-2H3/q+1. The smallest absolute Gasteiger partial charge is 0.263 e. The van der Waals surface area contributed by atoms with Gasteiger partial charge in [-0.25, -0.2) is 4.98 Å². The van der Waals surface area contributed by atoms with E-state index in [9.17, 15) is 0 Å². The Labute approximate surface area is 148 Å². The van der Waals surface area contributed by atoms with E-state index in [1.165, 1.54) is 5.56 Å². The van der Waals surface area contributed by atoms with Crippen molar-refractivity contribution >= 4 is 11.5 Å². The van der Waals surface area contributed by atoms with Crippen LogP contribution in [0.25, 0.3) is 21.9 Å². The third kappa shape index (κ3) is 3.85. The Morgan fingerprint density at radius 2 is 2.04 bits per heavy atom. The first kappa shape index (κ1) is 17.1. The van der Waals surface area contributed by atoms with Crippen LogP contribution < -0.4 is 5.32 Å². The lowest BCUT2D eigenvalue weighted by molar-refractivity contribution is 0.580. The fraction of sp³-hybridized carbons (Fsp3) is 0.400. The second-order valence-electron chi connectivity index (χ2n) is 6.40. The van der Waals surface area contributed by atoms with E-state index in [1.54, 1.807) is 6.26 Å². The Morgan fingerprint density at radius 1 is 1.20 bits per heavy atom. The monoisotopic (exact) mass is 337 g/mol. The minimum atomic E-state index is 0.752. The van der Waals surface area contributed by atoms with E-state index >= 15 is 0 Å². The quantitative estimate of drug-likeness (QED) is 0.579. The Hall–Kier alpha value is -2.74. The number of aryl methyl sites for hydroxylation is 2. The summed E-state index contributed by atoms with van der Waals surface area (Å²) >= 11 is 0. The predicted molar refractivity (Wildman–Crippen MR) is 102 cm³/mol. The van der Waals surface area contributed by atoms with E-state index < -0.39 is 0 Å². The number of hydrogen-bond donors (Lipinski definition) is 1. The van der Waals surface area contributed by atoms with Crippen molar-refractivity contribution in [2.45, 2.75) is 39.5 Å². The molecule has 1 N–H and O–H groups in total. The van der Waals surface area contributed by atoms with Gasteiger partial charge in [0.25, 0.3) is 13.1 Å². The van der Waals surface area contributed by atoms with Gasteiger partial charge < -0.3 is 9.73 Å². The van der Waals surface area contributed by atoms with Gasteiger partial charge in [0.15, 0.2) is 5.76 Å². The number of furan rings is 1. The van der Waals surface area contributed by atoms with Crippen molar-refractivity contribution in [1.82, 2.24) is 9.38 Å². The zero-order valence-electron chi connectivity index (χ0n) is 15.0. The summed E-state index contributed by atoms with van der Waals surface area (Å²) in [6.07, 6.45) is 6.15. The molecule has 5 heteroatoms. The Morgan fingerprint density at radius 3 is 2.80 bits per heavy atom. The van der Waals surface area contributed by atoms with Gasteiger partial charge in [-0.05, 0) is 56.5 Å². The molecule has 0 amide bonds. The number of nitrogens with zero attached hydrogens (tertiary/aromatic N) is 3. The van der Waals surface area contributed by atoms with Gasteiger partial charge in [-0.2, -0.15) is 0 Å². The topological polar surface area (TPSA) is 46.8 Å². The number of unbranched alkanes of at least 4 members (excludes halogenated alkanes) is 3. The molecule has 0 saturated heterocycles. The summed E-state index contributed by atoms with van der Waals surface area (Å²) < 4.78 is 7.76. The van der Waals surface area contributed by atoms with E-state index in [0.29, 0.717) is 0 Å². The largest absolute Gasteiger partial charge is 0.463 e. The molecule has 0 aliphatic heterocycles. The number of rotatable bonds is 8. The van der Waals surface area contributed by atoms with Crippen LogP contribution in [-0.4, -0.2) is 22.5 Å². The summed E-state index contributed by atoms with van der Waals surface area (Å²) in [6, 6.07) is 8.11. The molecule has 0 aromatic carbocycles.